The van der Waals surface area contributed by atoms with Crippen LogP contribution >= 0.6 is 24.0 Å². The molecule has 0 heterocycles. The Kier molecular flexibility index (Phi) is 10.0. The van der Waals surface area contributed by atoms with E-state index >= 15 is 0 Å². The summed E-state index contributed by atoms with van der Waals surface area (Å²) < 4.78 is 0. The van der Waals surface area contributed by atoms with E-state index in [1.807, 2.05) is 0 Å². The molecule has 1 rings (SSSR count). The number of carbonyl (C=O) groups excluding carboxylic acids is 1. The molecule has 130 valence electrons. The largest absolute Gasteiger partial charge is 0.356 e. The first-order chi connectivity index (χ1) is 9.88. The van der Waals surface area contributed by atoms with Crippen molar-refractivity contribution < 1.29 is 4.79 Å². The molecule has 0 unspecified atom stereocenters. The number of likely N-dealkylation sites (N-methyl/N-ethyl adjacent to an activating group) is 1. The summed E-state index contributed by atoms with van der Waals surface area (Å²) in [5.74, 6) is 1.33. The van der Waals surface area contributed by atoms with Crippen LogP contribution in [-0.2, 0) is 4.79 Å². The van der Waals surface area contributed by atoms with Crippen LogP contribution in [0.3, 0.4) is 0 Å². The van der Waals surface area contributed by atoms with Gasteiger partial charge in [0.25, 0.3) is 0 Å². The minimum Gasteiger partial charge on any atom is -0.356 e. The number of hydrogen-bond donors (Lipinski definition) is 2. The normalized spacial score (nSPS) is 16.5. The number of amides is 1. The Morgan fingerprint density at radius 2 is 1.91 bits per heavy atom. The molecule has 22 heavy (non-hydrogen) atoms. The Morgan fingerprint density at radius 3 is 2.32 bits per heavy atom. The summed E-state index contributed by atoms with van der Waals surface area (Å²) in [6.45, 7) is 8.59. The van der Waals surface area contributed by atoms with Gasteiger partial charge in [-0.15, -0.1) is 24.0 Å². The van der Waals surface area contributed by atoms with Gasteiger partial charge in [0.2, 0.25) is 5.91 Å². The minimum atomic E-state index is 0. The molecule has 0 aromatic carbocycles. The van der Waals surface area contributed by atoms with Gasteiger partial charge in [-0.05, 0) is 30.6 Å². The topological polar surface area (TPSA) is 56.7 Å². The Balaban J connectivity index is 0.00000441. The molecule has 5 nitrogen and oxygen atoms in total. The lowest BCUT2D eigenvalue weighted by molar-refractivity contribution is -0.127. The SMILES string of the molecule is CCC1(CNC(=NCC(=O)N(C)C)NCC(C)C)CCC1.I. The standard InChI is InChI=1S/C16H32N4O.HI/c1-6-16(8-7-9-16)12-19-15(17-10-13(2)3)18-11-14(21)20(4)5;/h13H,6-12H2,1-5H3,(H2,17,18,19);1H. The average Bonchev–Trinajstić information content (AvgIpc) is 2.39. The van der Waals surface area contributed by atoms with Gasteiger partial charge in [0.15, 0.2) is 5.96 Å². The van der Waals surface area contributed by atoms with Gasteiger partial charge in [0.1, 0.15) is 6.54 Å². The van der Waals surface area contributed by atoms with E-state index in [2.05, 4.69) is 36.4 Å². The quantitative estimate of drug-likeness (QED) is 0.375. The first kappa shape index (κ1) is 21.5. The molecule has 1 saturated carbocycles. The van der Waals surface area contributed by atoms with E-state index in [1.165, 1.54) is 25.7 Å². The van der Waals surface area contributed by atoms with Crippen molar-refractivity contribution in [2.45, 2.75) is 46.5 Å². The van der Waals surface area contributed by atoms with Crippen LogP contribution in [-0.4, -0.2) is 50.5 Å². The van der Waals surface area contributed by atoms with E-state index in [-0.39, 0.29) is 36.4 Å². The highest BCUT2D eigenvalue weighted by Gasteiger charge is 2.34. The number of nitrogens with zero attached hydrogens (tertiary/aromatic N) is 2. The average molecular weight is 424 g/mol. The molecule has 1 aliphatic carbocycles. The van der Waals surface area contributed by atoms with Crippen LogP contribution in [0, 0.1) is 11.3 Å². The zero-order chi connectivity index (χ0) is 15.9. The minimum absolute atomic E-state index is 0. The molecule has 0 aromatic rings. The number of rotatable bonds is 7. The fourth-order valence-electron chi connectivity index (χ4n) is 2.37. The second kappa shape index (κ2) is 10.3. The number of carbonyl (C=O) groups is 1. The summed E-state index contributed by atoms with van der Waals surface area (Å²) >= 11 is 0. The molecule has 2 N–H and O–H groups in total. The summed E-state index contributed by atoms with van der Waals surface area (Å²) in [5.41, 5.74) is 0.436. The lowest BCUT2D eigenvalue weighted by Crippen LogP contribution is -2.47. The molecule has 0 atom stereocenters. The summed E-state index contributed by atoms with van der Waals surface area (Å²) in [5, 5.41) is 6.76. The molecule has 0 saturated heterocycles. The van der Waals surface area contributed by atoms with E-state index in [9.17, 15) is 4.79 Å². The highest BCUT2D eigenvalue weighted by atomic mass is 127. The summed E-state index contributed by atoms with van der Waals surface area (Å²) in [6, 6.07) is 0. The monoisotopic (exact) mass is 424 g/mol. The first-order valence-corrected chi connectivity index (χ1v) is 8.11. The summed E-state index contributed by atoms with van der Waals surface area (Å²) in [7, 11) is 3.51. The van der Waals surface area contributed by atoms with Gasteiger partial charge in [-0.2, -0.15) is 0 Å². The molecule has 6 heteroatoms. The van der Waals surface area contributed by atoms with Crippen LogP contribution < -0.4 is 10.6 Å². The maximum absolute atomic E-state index is 11.7. The third kappa shape index (κ3) is 7.15. The van der Waals surface area contributed by atoms with Gasteiger partial charge >= 0.3 is 0 Å². The third-order valence-electron chi connectivity index (χ3n) is 4.34. The lowest BCUT2D eigenvalue weighted by Gasteiger charge is -2.41. The fraction of sp³-hybridized carbons (Fsp3) is 0.875. The number of guanidine groups is 1. The summed E-state index contributed by atoms with van der Waals surface area (Å²) in [6.07, 6.45) is 5.13. The molecule has 1 aliphatic rings. The zero-order valence-corrected chi connectivity index (χ0v) is 17.1. The van der Waals surface area contributed by atoms with Crippen LogP contribution in [0.4, 0.5) is 0 Å². The van der Waals surface area contributed by atoms with E-state index in [0.29, 0.717) is 11.3 Å². The van der Waals surface area contributed by atoms with Crippen molar-refractivity contribution in [2.75, 3.05) is 33.7 Å². The second-order valence-electron chi connectivity index (χ2n) is 6.79. The van der Waals surface area contributed by atoms with Gasteiger partial charge in [-0.25, -0.2) is 4.99 Å². The van der Waals surface area contributed by atoms with Crippen molar-refractivity contribution in [2.24, 2.45) is 16.3 Å². The number of halogens is 1. The van der Waals surface area contributed by atoms with Crippen LogP contribution in [0.2, 0.25) is 0 Å². The molecule has 0 spiro atoms. The number of hydrogen-bond acceptors (Lipinski definition) is 2. The van der Waals surface area contributed by atoms with Gasteiger partial charge < -0.3 is 15.5 Å². The van der Waals surface area contributed by atoms with Crippen molar-refractivity contribution >= 4 is 35.8 Å². The fourth-order valence-corrected chi connectivity index (χ4v) is 2.37. The predicted octanol–water partition coefficient (Wildman–Crippen LogP) is 2.46. The van der Waals surface area contributed by atoms with Crippen molar-refractivity contribution in [3.8, 4) is 0 Å². The van der Waals surface area contributed by atoms with Gasteiger partial charge in [-0.3, -0.25) is 4.79 Å². The molecule has 0 bridgehead atoms. The number of aliphatic imine (C=N–C) groups is 1. The van der Waals surface area contributed by atoms with Crippen LogP contribution in [0.25, 0.3) is 0 Å². The molecule has 0 aromatic heterocycles. The van der Waals surface area contributed by atoms with E-state index in [4.69, 9.17) is 0 Å². The highest BCUT2D eigenvalue weighted by Crippen LogP contribution is 2.42. The van der Waals surface area contributed by atoms with E-state index in [1.54, 1.807) is 19.0 Å². The van der Waals surface area contributed by atoms with Crippen molar-refractivity contribution in [1.82, 2.24) is 15.5 Å². The van der Waals surface area contributed by atoms with Crippen LogP contribution in [0.5, 0.6) is 0 Å². The third-order valence-corrected chi connectivity index (χ3v) is 4.34. The molecule has 1 fully saturated rings. The maximum atomic E-state index is 11.7. The Bertz CT molecular complexity index is 360. The lowest BCUT2D eigenvalue weighted by atomic mass is 9.67. The second-order valence-corrected chi connectivity index (χ2v) is 6.79. The van der Waals surface area contributed by atoms with Gasteiger partial charge in [0, 0.05) is 27.2 Å². The molecule has 0 radical (unpaired) electrons. The number of nitrogens with one attached hydrogen (secondary N) is 2. The molecule has 1 amide bonds. The first-order valence-electron chi connectivity index (χ1n) is 8.11. The van der Waals surface area contributed by atoms with Crippen LogP contribution in [0.15, 0.2) is 4.99 Å². The van der Waals surface area contributed by atoms with Crippen LogP contribution in [0.1, 0.15) is 46.5 Å². The predicted molar refractivity (Wildman–Crippen MR) is 104 cm³/mol. The van der Waals surface area contributed by atoms with E-state index in [0.717, 1.165) is 19.0 Å². The van der Waals surface area contributed by atoms with Crippen molar-refractivity contribution in [3.63, 3.8) is 0 Å². The molecular formula is C16H33IN4O. The van der Waals surface area contributed by atoms with Gasteiger partial charge in [0.05, 0.1) is 0 Å². The van der Waals surface area contributed by atoms with E-state index < -0.39 is 0 Å². The van der Waals surface area contributed by atoms with Crippen molar-refractivity contribution in [3.05, 3.63) is 0 Å². The Labute approximate surface area is 152 Å². The molecule has 0 aliphatic heterocycles. The van der Waals surface area contributed by atoms with Crippen molar-refractivity contribution in [1.29, 1.82) is 0 Å². The maximum Gasteiger partial charge on any atom is 0.243 e. The zero-order valence-electron chi connectivity index (χ0n) is 14.7. The highest BCUT2D eigenvalue weighted by molar-refractivity contribution is 14.0. The Hall–Kier alpha value is -0.530. The summed E-state index contributed by atoms with van der Waals surface area (Å²) in [4.78, 5) is 17.7. The smallest absolute Gasteiger partial charge is 0.243 e. The molecular weight excluding hydrogens is 391 g/mol. The van der Waals surface area contributed by atoms with Gasteiger partial charge in [-0.1, -0.05) is 27.2 Å². The Morgan fingerprint density at radius 1 is 1.27 bits per heavy atom.